The van der Waals surface area contributed by atoms with E-state index in [0.29, 0.717) is 18.7 Å². The Morgan fingerprint density at radius 2 is 1.84 bits per heavy atom. The van der Waals surface area contributed by atoms with Crippen LogP contribution in [0.25, 0.3) is 22.0 Å². The summed E-state index contributed by atoms with van der Waals surface area (Å²) in [4.78, 5) is 12.9. The van der Waals surface area contributed by atoms with Crippen LogP contribution in [0, 0.1) is 24.2 Å². The van der Waals surface area contributed by atoms with Crippen LogP contribution in [0.5, 0.6) is 0 Å². The zero-order valence-electron chi connectivity index (χ0n) is 17.4. The minimum Gasteiger partial charge on any atom is -0.462 e. The molecule has 32 heavy (non-hydrogen) atoms. The number of carbonyl (C=O) groups excluding carboxylic acids is 1. The van der Waals surface area contributed by atoms with Crippen LogP contribution >= 0.6 is 15.9 Å². The summed E-state index contributed by atoms with van der Waals surface area (Å²) in [6.45, 7) is 0.914. The number of terminal acetylenes is 1. The number of benzene rings is 3. The van der Waals surface area contributed by atoms with E-state index in [0.717, 1.165) is 32.9 Å². The van der Waals surface area contributed by atoms with Gasteiger partial charge in [0.05, 0.1) is 30.4 Å². The van der Waals surface area contributed by atoms with Crippen molar-refractivity contribution in [3.8, 4) is 23.5 Å². The summed E-state index contributed by atoms with van der Waals surface area (Å²) in [5.74, 6) is 2.90. The number of hydrogen-bond acceptors (Lipinski definition) is 3. The lowest BCUT2D eigenvalue weighted by Gasteiger charge is -2.10. The molecule has 0 saturated heterocycles. The second kappa shape index (κ2) is 8.64. The number of fused-ring (bicyclic) bond motifs is 1. The number of nitrogens with zero attached hydrogens (tertiary/aromatic N) is 2. The van der Waals surface area contributed by atoms with E-state index >= 15 is 0 Å². The van der Waals surface area contributed by atoms with Gasteiger partial charge >= 0.3 is 5.97 Å². The Balaban J connectivity index is 1.40. The molecule has 5 heteroatoms. The standard InChI is InChI=1S/C27H21BrN2O2/c1-2-19-14-22(19)17-32-27(31)23-12-13-25(28)24-15-29-30(26(23)24)16-18-8-10-21(11-9-18)20-6-4-3-5-7-20/h1,3-13,15,19,22H,14,16-17H2. The van der Waals surface area contributed by atoms with Crippen molar-refractivity contribution in [2.45, 2.75) is 13.0 Å². The van der Waals surface area contributed by atoms with Gasteiger partial charge < -0.3 is 4.74 Å². The van der Waals surface area contributed by atoms with Crippen molar-refractivity contribution in [1.82, 2.24) is 9.78 Å². The fraction of sp³-hybridized carbons (Fsp3) is 0.185. The van der Waals surface area contributed by atoms with Crippen LogP contribution in [-0.2, 0) is 11.3 Å². The molecule has 2 atom stereocenters. The van der Waals surface area contributed by atoms with E-state index in [4.69, 9.17) is 11.2 Å². The van der Waals surface area contributed by atoms with Crippen LogP contribution in [0.1, 0.15) is 22.3 Å². The minimum absolute atomic E-state index is 0.233. The normalized spacial score (nSPS) is 17.1. The van der Waals surface area contributed by atoms with E-state index in [1.54, 1.807) is 12.3 Å². The maximum atomic E-state index is 12.9. The molecule has 5 rings (SSSR count). The smallest absolute Gasteiger partial charge is 0.340 e. The monoisotopic (exact) mass is 484 g/mol. The molecule has 4 nitrogen and oxygen atoms in total. The molecule has 1 heterocycles. The second-order valence-corrected chi connectivity index (χ2v) is 8.94. The Bertz CT molecular complexity index is 1320. The second-order valence-electron chi connectivity index (χ2n) is 8.09. The average molecular weight is 485 g/mol. The predicted octanol–water partition coefficient (Wildman–Crippen LogP) is 5.94. The molecule has 1 aliphatic carbocycles. The van der Waals surface area contributed by atoms with Gasteiger partial charge in [-0.3, -0.25) is 4.68 Å². The summed E-state index contributed by atoms with van der Waals surface area (Å²) in [6.07, 6.45) is 8.16. The summed E-state index contributed by atoms with van der Waals surface area (Å²) in [5.41, 5.74) is 4.72. The third-order valence-corrected chi connectivity index (χ3v) is 6.62. The summed E-state index contributed by atoms with van der Waals surface area (Å²) in [6, 6.07) is 22.3. The van der Waals surface area contributed by atoms with Crippen LogP contribution in [0.2, 0.25) is 0 Å². The summed E-state index contributed by atoms with van der Waals surface area (Å²) in [5, 5.41) is 5.44. The molecule has 2 unspecified atom stereocenters. The number of halogens is 1. The molecule has 0 amide bonds. The fourth-order valence-electron chi connectivity index (χ4n) is 3.96. The van der Waals surface area contributed by atoms with E-state index in [1.165, 1.54) is 5.56 Å². The highest BCUT2D eigenvalue weighted by molar-refractivity contribution is 9.10. The first-order valence-corrected chi connectivity index (χ1v) is 11.3. The highest BCUT2D eigenvalue weighted by atomic mass is 79.9. The Morgan fingerprint density at radius 1 is 1.09 bits per heavy atom. The zero-order valence-corrected chi connectivity index (χ0v) is 19.0. The highest BCUT2D eigenvalue weighted by Crippen LogP contribution is 2.38. The third-order valence-electron chi connectivity index (χ3n) is 5.93. The van der Waals surface area contributed by atoms with Gasteiger partial charge in [0, 0.05) is 21.7 Å². The molecule has 1 fully saturated rings. The first-order chi connectivity index (χ1) is 15.6. The molecule has 1 aromatic heterocycles. The number of hydrogen-bond donors (Lipinski definition) is 0. The Labute approximate surface area is 195 Å². The van der Waals surface area contributed by atoms with Crippen molar-refractivity contribution in [2.75, 3.05) is 6.61 Å². The lowest BCUT2D eigenvalue weighted by atomic mass is 10.0. The first-order valence-electron chi connectivity index (χ1n) is 10.6. The largest absolute Gasteiger partial charge is 0.462 e. The lowest BCUT2D eigenvalue weighted by molar-refractivity contribution is 0.0485. The van der Waals surface area contributed by atoms with Crippen molar-refractivity contribution < 1.29 is 9.53 Å². The first kappa shape index (κ1) is 20.5. The van der Waals surface area contributed by atoms with Gasteiger partial charge in [-0.1, -0.05) is 70.5 Å². The zero-order chi connectivity index (χ0) is 22.1. The molecule has 1 aliphatic rings. The maximum Gasteiger partial charge on any atom is 0.340 e. The molecule has 1 saturated carbocycles. The molecule has 158 valence electrons. The van der Waals surface area contributed by atoms with E-state index in [1.807, 2.05) is 28.9 Å². The van der Waals surface area contributed by atoms with Crippen LogP contribution in [0.3, 0.4) is 0 Å². The molecule has 4 aromatic rings. The van der Waals surface area contributed by atoms with Crippen LogP contribution < -0.4 is 0 Å². The van der Waals surface area contributed by atoms with Gasteiger partial charge in [0.15, 0.2) is 0 Å². The van der Waals surface area contributed by atoms with Crippen molar-refractivity contribution in [1.29, 1.82) is 0 Å². The van der Waals surface area contributed by atoms with Crippen LogP contribution in [0.15, 0.2) is 77.4 Å². The van der Waals surface area contributed by atoms with Gasteiger partial charge in [0.2, 0.25) is 0 Å². The van der Waals surface area contributed by atoms with Gasteiger partial charge in [0.25, 0.3) is 0 Å². The van der Waals surface area contributed by atoms with Gasteiger partial charge in [-0.15, -0.1) is 12.3 Å². The summed E-state index contributed by atoms with van der Waals surface area (Å²) in [7, 11) is 0. The molecule has 3 aromatic carbocycles. The number of carbonyl (C=O) groups is 1. The molecule has 0 aliphatic heterocycles. The average Bonchev–Trinajstić information content (AvgIpc) is 3.48. The van der Waals surface area contributed by atoms with E-state index in [2.05, 4.69) is 63.3 Å². The summed E-state index contributed by atoms with van der Waals surface area (Å²) >= 11 is 3.58. The maximum absolute atomic E-state index is 12.9. The van der Waals surface area contributed by atoms with E-state index in [-0.39, 0.29) is 17.8 Å². The minimum atomic E-state index is -0.341. The molecule has 0 radical (unpaired) electrons. The van der Waals surface area contributed by atoms with Crippen molar-refractivity contribution >= 4 is 32.8 Å². The summed E-state index contributed by atoms with van der Waals surface area (Å²) < 4.78 is 8.33. The Kier molecular flexibility index (Phi) is 5.55. The van der Waals surface area contributed by atoms with Crippen molar-refractivity contribution in [3.05, 3.63) is 88.5 Å². The number of rotatable bonds is 6. The lowest BCUT2D eigenvalue weighted by Crippen LogP contribution is -2.11. The molecule has 0 spiro atoms. The predicted molar refractivity (Wildman–Crippen MR) is 129 cm³/mol. The highest BCUT2D eigenvalue weighted by Gasteiger charge is 2.36. The quantitative estimate of drug-likeness (QED) is 0.251. The molecule has 0 N–H and O–H groups in total. The van der Waals surface area contributed by atoms with Crippen LogP contribution in [0.4, 0.5) is 0 Å². The van der Waals surface area contributed by atoms with Crippen molar-refractivity contribution in [3.63, 3.8) is 0 Å². The van der Waals surface area contributed by atoms with Gasteiger partial charge in [0.1, 0.15) is 0 Å². The van der Waals surface area contributed by atoms with Crippen LogP contribution in [-0.4, -0.2) is 22.4 Å². The number of aromatic nitrogens is 2. The third kappa shape index (κ3) is 4.06. The topological polar surface area (TPSA) is 44.1 Å². The van der Waals surface area contributed by atoms with Gasteiger partial charge in [-0.05, 0) is 35.2 Å². The molecular formula is C27H21BrN2O2. The fourth-order valence-corrected chi connectivity index (χ4v) is 4.38. The Hall–Kier alpha value is -3.36. The van der Waals surface area contributed by atoms with Gasteiger partial charge in [-0.2, -0.15) is 5.10 Å². The SMILES string of the molecule is C#CC1CC1COC(=O)c1ccc(Br)c2cnn(Cc3ccc(-c4ccccc4)cc3)c12. The van der Waals surface area contributed by atoms with Gasteiger partial charge in [-0.25, -0.2) is 4.79 Å². The Morgan fingerprint density at radius 3 is 2.56 bits per heavy atom. The van der Waals surface area contributed by atoms with Crippen molar-refractivity contribution in [2.24, 2.45) is 11.8 Å². The molecule has 0 bridgehead atoms. The molecular weight excluding hydrogens is 464 g/mol. The number of ether oxygens (including phenoxy) is 1. The van der Waals surface area contributed by atoms with E-state index in [9.17, 15) is 4.79 Å². The number of esters is 1. The van der Waals surface area contributed by atoms with E-state index < -0.39 is 0 Å².